The highest BCUT2D eigenvalue weighted by Gasteiger charge is 2.17. The van der Waals surface area contributed by atoms with Gasteiger partial charge in [-0.15, -0.1) is 11.6 Å². The third kappa shape index (κ3) is 3.94. The number of piperazine rings is 1. The largest absolute Gasteiger partial charge is 0.369 e. The van der Waals surface area contributed by atoms with E-state index in [0.29, 0.717) is 17.2 Å². The van der Waals surface area contributed by atoms with Crippen LogP contribution >= 0.6 is 11.6 Å². The van der Waals surface area contributed by atoms with E-state index >= 15 is 0 Å². The molecular weight excluding hydrogens is 416 g/mol. The Morgan fingerprint density at radius 3 is 2.87 bits per heavy atom. The lowest BCUT2D eigenvalue weighted by molar-refractivity contribution is -0.115. The van der Waals surface area contributed by atoms with Crippen molar-refractivity contribution in [2.75, 3.05) is 49.3 Å². The van der Waals surface area contributed by atoms with Gasteiger partial charge in [-0.05, 0) is 31.3 Å². The molecule has 1 fully saturated rings. The van der Waals surface area contributed by atoms with Crippen molar-refractivity contribution in [2.45, 2.75) is 6.42 Å². The second kappa shape index (κ2) is 8.16. The fourth-order valence-corrected chi connectivity index (χ4v) is 4.01. The van der Waals surface area contributed by atoms with Gasteiger partial charge in [-0.2, -0.15) is 5.10 Å². The second-order valence-corrected chi connectivity index (χ2v) is 8.14. The van der Waals surface area contributed by atoms with Gasteiger partial charge in [-0.3, -0.25) is 9.89 Å². The molecule has 0 saturated carbocycles. The minimum absolute atomic E-state index is 0.152. The number of H-pyrrole nitrogens is 2. The summed E-state index contributed by atoms with van der Waals surface area (Å²) in [6, 6.07) is 8.15. The molecule has 5 rings (SSSR count). The zero-order chi connectivity index (χ0) is 21.4. The number of likely N-dealkylation sites (N-methyl/N-ethyl adjacent to an activating group) is 1. The number of alkyl halides is 1. The minimum Gasteiger partial charge on any atom is -0.369 e. The average molecular weight is 439 g/mol. The van der Waals surface area contributed by atoms with Gasteiger partial charge < -0.3 is 20.1 Å². The molecule has 10 heteroatoms. The van der Waals surface area contributed by atoms with E-state index in [4.69, 9.17) is 16.6 Å². The first-order chi connectivity index (χ1) is 15.1. The molecule has 4 heterocycles. The molecular formula is C21H23ClN8O. The molecule has 1 saturated heterocycles. The Labute approximate surface area is 183 Å². The predicted octanol–water partition coefficient (Wildman–Crippen LogP) is 2.82. The van der Waals surface area contributed by atoms with Crippen molar-refractivity contribution in [1.29, 1.82) is 0 Å². The summed E-state index contributed by atoms with van der Waals surface area (Å²) in [5.74, 6) is 0.800. The number of fused-ring (bicyclic) bond motifs is 2. The zero-order valence-corrected chi connectivity index (χ0v) is 17.9. The lowest BCUT2D eigenvalue weighted by Crippen LogP contribution is -2.44. The minimum atomic E-state index is -0.152. The van der Waals surface area contributed by atoms with Crippen molar-refractivity contribution in [3.8, 4) is 11.5 Å². The normalized spacial score (nSPS) is 15.1. The first-order valence-electron chi connectivity index (χ1n) is 10.2. The number of aromatic amines is 2. The number of amides is 1. The maximum Gasteiger partial charge on any atom is 0.225 e. The van der Waals surface area contributed by atoms with Crippen molar-refractivity contribution in [3.63, 3.8) is 0 Å². The highest BCUT2D eigenvalue weighted by atomic mass is 35.5. The Hall–Kier alpha value is -3.17. The Balaban J connectivity index is 1.46. The Kier molecular flexibility index (Phi) is 5.21. The van der Waals surface area contributed by atoms with Crippen LogP contribution in [0.3, 0.4) is 0 Å². The number of hydrogen-bond donors (Lipinski definition) is 3. The Morgan fingerprint density at radius 1 is 1.23 bits per heavy atom. The van der Waals surface area contributed by atoms with Gasteiger partial charge in [0, 0.05) is 44.2 Å². The van der Waals surface area contributed by atoms with Gasteiger partial charge in [0.2, 0.25) is 5.91 Å². The number of aromatic nitrogens is 5. The van der Waals surface area contributed by atoms with E-state index in [1.165, 1.54) is 5.69 Å². The molecule has 0 atom stereocenters. The van der Waals surface area contributed by atoms with E-state index < -0.39 is 0 Å². The summed E-state index contributed by atoms with van der Waals surface area (Å²) < 4.78 is 0. The molecule has 0 unspecified atom stereocenters. The van der Waals surface area contributed by atoms with Gasteiger partial charge in [0.05, 0.1) is 28.3 Å². The lowest BCUT2D eigenvalue weighted by Gasteiger charge is -2.34. The number of carbonyl (C=O) groups is 1. The summed E-state index contributed by atoms with van der Waals surface area (Å²) in [6.45, 7) is 4.14. The van der Waals surface area contributed by atoms with Crippen LogP contribution < -0.4 is 10.2 Å². The molecule has 3 aromatic heterocycles. The van der Waals surface area contributed by atoms with E-state index in [2.05, 4.69) is 54.5 Å². The van der Waals surface area contributed by atoms with E-state index in [9.17, 15) is 4.79 Å². The highest BCUT2D eigenvalue weighted by molar-refractivity contribution is 6.19. The summed E-state index contributed by atoms with van der Waals surface area (Å²) in [5, 5.41) is 10.9. The average Bonchev–Trinajstić information content (AvgIpc) is 3.37. The smallest absolute Gasteiger partial charge is 0.225 e. The maximum absolute atomic E-state index is 11.9. The van der Waals surface area contributed by atoms with E-state index in [1.54, 1.807) is 6.20 Å². The quantitative estimate of drug-likeness (QED) is 0.414. The molecule has 9 nitrogen and oxygen atoms in total. The first kappa shape index (κ1) is 19.8. The van der Waals surface area contributed by atoms with Gasteiger partial charge in [0.25, 0.3) is 0 Å². The zero-order valence-electron chi connectivity index (χ0n) is 17.2. The van der Waals surface area contributed by atoms with Crippen LogP contribution in [0.15, 0.2) is 30.5 Å². The number of rotatable bonds is 5. The topological polar surface area (TPSA) is 106 Å². The fourth-order valence-electron chi connectivity index (χ4n) is 3.84. The van der Waals surface area contributed by atoms with Gasteiger partial charge in [0.1, 0.15) is 5.69 Å². The molecule has 1 aliphatic rings. The van der Waals surface area contributed by atoms with Crippen LogP contribution in [0, 0.1) is 0 Å². The summed E-state index contributed by atoms with van der Waals surface area (Å²) in [7, 11) is 2.15. The van der Waals surface area contributed by atoms with Crippen molar-refractivity contribution < 1.29 is 4.79 Å². The number of halogens is 1. The molecule has 3 N–H and O–H groups in total. The summed E-state index contributed by atoms with van der Waals surface area (Å²) in [5.41, 5.74) is 4.93. The molecule has 0 spiro atoms. The van der Waals surface area contributed by atoms with Crippen LogP contribution in [0.5, 0.6) is 0 Å². The maximum atomic E-state index is 11.9. The molecule has 1 amide bonds. The third-order valence-electron chi connectivity index (χ3n) is 5.59. The van der Waals surface area contributed by atoms with Crippen LogP contribution in [0.25, 0.3) is 33.6 Å². The molecule has 1 aromatic carbocycles. The molecule has 4 aromatic rings. The molecule has 31 heavy (non-hydrogen) atoms. The lowest BCUT2D eigenvalue weighted by atomic mass is 10.2. The molecule has 0 bridgehead atoms. The first-order valence-corrected chi connectivity index (χ1v) is 10.8. The molecule has 160 valence electrons. The molecule has 0 radical (unpaired) electrons. The molecule has 0 aliphatic carbocycles. The second-order valence-electron chi connectivity index (χ2n) is 7.76. The predicted molar refractivity (Wildman–Crippen MR) is 123 cm³/mol. The number of carbonyl (C=O) groups excluding carboxylic acids is 1. The van der Waals surface area contributed by atoms with Crippen molar-refractivity contribution in [3.05, 3.63) is 30.5 Å². The van der Waals surface area contributed by atoms with Crippen molar-refractivity contribution in [2.24, 2.45) is 0 Å². The summed E-state index contributed by atoms with van der Waals surface area (Å²) in [4.78, 5) is 29.1. The van der Waals surface area contributed by atoms with E-state index in [1.807, 2.05) is 12.1 Å². The van der Waals surface area contributed by atoms with Crippen LogP contribution in [-0.4, -0.2) is 75.1 Å². The fraction of sp³-hybridized carbons (Fsp3) is 0.333. The Morgan fingerprint density at radius 2 is 2.06 bits per heavy atom. The number of imidazole rings is 1. The van der Waals surface area contributed by atoms with Gasteiger partial charge in [-0.25, -0.2) is 9.97 Å². The number of nitrogens with zero attached hydrogens (tertiary/aromatic N) is 5. The number of nitrogens with one attached hydrogen (secondary N) is 3. The number of hydrogen-bond acceptors (Lipinski definition) is 6. The highest BCUT2D eigenvalue weighted by Crippen LogP contribution is 2.29. The van der Waals surface area contributed by atoms with E-state index in [0.717, 1.165) is 48.3 Å². The monoisotopic (exact) mass is 438 g/mol. The Bertz CT molecular complexity index is 1240. The van der Waals surface area contributed by atoms with Crippen LogP contribution in [0.4, 0.5) is 11.4 Å². The number of benzene rings is 1. The number of pyridine rings is 1. The summed E-state index contributed by atoms with van der Waals surface area (Å²) >= 11 is 5.64. The van der Waals surface area contributed by atoms with E-state index in [-0.39, 0.29) is 18.2 Å². The summed E-state index contributed by atoms with van der Waals surface area (Å²) in [6.07, 6.45) is 1.83. The van der Waals surface area contributed by atoms with Crippen LogP contribution in [0.2, 0.25) is 0 Å². The molecule has 1 aliphatic heterocycles. The van der Waals surface area contributed by atoms with Crippen LogP contribution in [-0.2, 0) is 4.79 Å². The number of anilines is 2. The van der Waals surface area contributed by atoms with Crippen molar-refractivity contribution in [1.82, 2.24) is 30.0 Å². The standard InChI is InChI=1S/C21H23ClN8O/c1-29-6-8-30(9-7-29)14-2-3-16-17(11-14)26-21(25-16)19-15-10-13(24-18(31)4-5-22)12-23-20(15)28-27-19/h2-3,10-12H,4-9H2,1H3,(H,24,31)(H,25,26)(H,23,27,28). The SMILES string of the molecule is CN1CCN(c2ccc3nc(-c4[nH]nc5ncc(NC(=O)CCCl)cc45)[nH]c3c2)CC1. The third-order valence-corrected chi connectivity index (χ3v) is 5.77. The van der Waals surface area contributed by atoms with Crippen molar-refractivity contribution >= 4 is 50.9 Å². The van der Waals surface area contributed by atoms with Crippen LogP contribution in [0.1, 0.15) is 6.42 Å². The van der Waals surface area contributed by atoms with Gasteiger partial charge in [0.15, 0.2) is 11.5 Å². The van der Waals surface area contributed by atoms with Gasteiger partial charge >= 0.3 is 0 Å². The van der Waals surface area contributed by atoms with Gasteiger partial charge in [-0.1, -0.05) is 0 Å².